The highest BCUT2D eigenvalue weighted by Gasteiger charge is 2.07. The van der Waals surface area contributed by atoms with Crippen LogP contribution in [0.3, 0.4) is 0 Å². The highest BCUT2D eigenvalue weighted by molar-refractivity contribution is 5.92. The van der Waals surface area contributed by atoms with E-state index in [4.69, 9.17) is 15.2 Å². The molecule has 92 valence electrons. The number of carbonyl (C=O) groups is 1. The minimum Gasteiger partial charge on any atom is -0.493 e. The zero-order valence-corrected chi connectivity index (χ0v) is 9.66. The van der Waals surface area contributed by atoms with Gasteiger partial charge in [-0.15, -0.1) is 0 Å². The summed E-state index contributed by atoms with van der Waals surface area (Å²) in [5.74, 6) is 0.478. The summed E-state index contributed by atoms with van der Waals surface area (Å²) in [6.07, 6.45) is 2.61. The smallest absolute Gasteiger partial charge is 0.322 e. The zero-order chi connectivity index (χ0) is 13.0. The Labute approximate surface area is 103 Å². The first kappa shape index (κ1) is 11.8. The average molecular weight is 245 g/mol. The highest BCUT2D eigenvalue weighted by Crippen LogP contribution is 2.28. The molecular weight excluding hydrogens is 234 g/mol. The van der Waals surface area contributed by atoms with Gasteiger partial charge in [0.25, 0.3) is 5.91 Å². The minimum atomic E-state index is -0.584. The predicted molar refractivity (Wildman–Crippen MR) is 63.6 cm³/mol. The molecule has 2 aromatic rings. The second-order valence-electron chi connectivity index (χ2n) is 3.37. The van der Waals surface area contributed by atoms with Gasteiger partial charge in [0, 0.05) is 12.4 Å². The van der Waals surface area contributed by atoms with Gasteiger partial charge in [0.15, 0.2) is 11.5 Å². The third-order valence-electron chi connectivity index (χ3n) is 2.18. The quantitative estimate of drug-likeness (QED) is 0.879. The molecular formula is C12H11N3O3. The summed E-state index contributed by atoms with van der Waals surface area (Å²) in [6, 6.07) is 7.22. The van der Waals surface area contributed by atoms with Gasteiger partial charge in [-0.3, -0.25) is 4.79 Å². The first-order valence-electron chi connectivity index (χ1n) is 5.13. The summed E-state index contributed by atoms with van der Waals surface area (Å²) in [7, 11) is 1.54. The van der Waals surface area contributed by atoms with Crippen LogP contribution in [0, 0.1) is 0 Å². The van der Waals surface area contributed by atoms with Gasteiger partial charge in [0.05, 0.1) is 12.7 Å². The molecule has 0 aliphatic carbocycles. The van der Waals surface area contributed by atoms with Crippen molar-refractivity contribution in [1.82, 2.24) is 9.97 Å². The molecule has 6 heteroatoms. The van der Waals surface area contributed by atoms with Gasteiger partial charge in [0.1, 0.15) is 0 Å². The molecule has 0 radical (unpaired) electrons. The molecule has 2 N–H and O–H groups in total. The van der Waals surface area contributed by atoms with Crippen LogP contribution in [-0.2, 0) is 0 Å². The van der Waals surface area contributed by atoms with Gasteiger partial charge < -0.3 is 15.2 Å². The van der Waals surface area contributed by atoms with Crippen molar-refractivity contribution in [3.05, 3.63) is 42.2 Å². The fourth-order valence-corrected chi connectivity index (χ4v) is 1.30. The molecule has 0 spiro atoms. The van der Waals surface area contributed by atoms with E-state index in [1.807, 2.05) is 6.07 Å². The minimum absolute atomic E-state index is 0.115. The molecule has 0 saturated carbocycles. The fourth-order valence-electron chi connectivity index (χ4n) is 1.30. The Morgan fingerprint density at radius 1 is 1.17 bits per heavy atom. The van der Waals surface area contributed by atoms with E-state index in [1.54, 1.807) is 25.3 Å². The van der Waals surface area contributed by atoms with Gasteiger partial charge in [-0.2, -0.15) is 0 Å². The lowest BCUT2D eigenvalue weighted by atomic mass is 10.3. The van der Waals surface area contributed by atoms with Crippen molar-refractivity contribution in [2.45, 2.75) is 0 Å². The molecule has 1 aromatic carbocycles. The Hall–Kier alpha value is -2.63. The number of carbonyl (C=O) groups excluding carboxylic acids is 1. The molecule has 0 atom stereocenters. The zero-order valence-electron chi connectivity index (χ0n) is 9.66. The van der Waals surface area contributed by atoms with Crippen LogP contribution in [0.2, 0.25) is 0 Å². The van der Waals surface area contributed by atoms with Crippen molar-refractivity contribution in [3.63, 3.8) is 0 Å². The number of hydrogen-bond acceptors (Lipinski definition) is 5. The van der Waals surface area contributed by atoms with E-state index in [-0.39, 0.29) is 11.6 Å². The van der Waals surface area contributed by atoms with Gasteiger partial charge in [-0.25, -0.2) is 9.97 Å². The third-order valence-corrected chi connectivity index (χ3v) is 2.18. The summed E-state index contributed by atoms with van der Waals surface area (Å²) in [6.45, 7) is 0. The van der Waals surface area contributed by atoms with Crippen LogP contribution in [0.4, 0.5) is 0 Å². The molecule has 1 aromatic heterocycles. The Morgan fingerprint density at radius 2 is 1.78 bits per heavy atom. The number of aromatic nitrogens is 2. The van der Waals surface area contributed by atoms with Crippen molar-refractivity contribution in [2.24, 2.45) is 5.73 Å². The van der Waals surface area contributed by atoms with Gasteiger partial charge in [-0.05, 0) is 12.1 Å². The lowest BCUT2D eigenvalue weighted by Gasteiger charge is -2.08. The van der Waals surface area contributed by atoms with E-state index < -0.39 is 5.91 Å². The van der Waals surface area contributed by atoms with Crippen molar-refractivity contribution < 1.29 is 14.3 Å². The van der Waals surface area contributed by atoms with Gasteiger partial charge in [0.2, 0.25) is 0 Å². The standard InChI is InChI=1S/C12H11N3O3/c1-17-9-4-2-3-5-10(9)18-12-14-6-8(7-15-12)11(13)16/h2-7H,1H3,(H2,13,16). The summed E-state index contributed by atoms with van der Waals surface area (Å²) in [4.78, 5) is 18.6. The number of amides is 1. The van der Waals surface area contributed by atoms with E-state index in [2.05, 4.69) is 9.97 Å². The number of ether oxygens (including phenoxy) is 2. The highest BCUT2D eigenvalue weighted by atomic mass is 16.5. The lowest BCUT2D eigenvalue weighted by molar-refractivity contribution is 0.0999. The number of hydrogen-bond donors (Lipinski definition) is 1. The molecule has 0 saturated heterocycles. The molecule has 0 bridgehead atoms. The van der Waals surface area contributed by atoms with Crippen LogP contribution in [-0.4, -0.2) is 23.0 Å². The van der Waals surface area contributed by atoms with E-state index >= 15 is 0 Å². The molecule has 1 amide bonds. The predicted octanol–water partition coefficient (Wildman–Crippen LogP) is 1.38. The van der Waals surface area contributed by atoms with E-state index in [0.29, 0.717) is 11.5 Å². The van der Waals surface area contributed by atoms with Crippen LogP contribution in [0.15, 0.2) is 36.7 Å². The second kappa shape index (κ2) is 5.13. The number of rotatable bonds is 4. The molecule has 18 heavy (non-hydrogen) atoms. The number of benzene rings is 1. The van der Waals surface area contributed by atoms with E-state index in [9.17, 15) is 4.79 Å². The monoisotopic (exact) mass is 245 g/mol. The Morgan fingerprint density at radius 3 is 2.33 bits per heavy atom. The summed E-state index contributed by atoms with van der Waals surface area (Å²) in [5.41, 5.74) is 5.31. The molecule has 0 aliphatic rings. The van der Waals surface area contributed by atoms with Crippen molar-refractivity contribution in [1.29, 1.82) is 0 Å². The molecule has 0 aliphatic heterocycles. The number of para-hydroxylation sites is 2. The first-order chi connectivity index (χ1) is 8.70. The lowest BCUT2D eigenvalue weighted by Crippen LogP contribution is -2.11. The fraction of sp³-hybridized carbons (Fsp3) is 0.0833. The second-order valence-corrected chi connectivity index (χ2v) is 3.37. The molecule has 2 rings (SSSR count). The maximum absolute atomic E-state index is 10.9. The molecule has 0 unspecified atom stereocenters. The summed E-state index contributed by atoms with van der Waals surface area (Å²) in [5, 5.41) is 0. The molecule has 1 heterocycles. The van der Waals surface area contributed by atoms with Crippen LogP contribution >= 0.6 is 0 Å². The van der Waals surface area contributed by atoms with Gasteiger partial charge >= 0.3 is 6.01 Å². The topological polar surface area (TPSA) is 87.3 Å². The van der Waals surface area contributed by atoms with Crippen LogP contribution in [0.25, 0.3) is 0 Å². The number of primary amides is 1. The number of nitrogens with zero attached hydrogens (tertiary/aromatic N) is 2. The SMILES string of the molecule is COc1ccccc1Oc1ncc(C(N)=O)cn1. The Kier molecular flexibility index (Phi) is 3.38. The summed E-state index contributed by atoms with van der Waals surface area (Å²) < 4.78 is 10.6. The molecule has 6 nitrogen and oxygen atoms in total. The maximum Gasteiger partial charge on any atom is 0.322 e. The largest absolute Gasteiger partial charge is 0.493 e. The normalized spacial score (nSPS) is 9.83. The van der Waals surface area contributed by atoms with Gasteiger partial charge in [-0.1, -0.05) is 12.1 Å². The first-order valence-corrected chi connectivity index (χ1v) is 5.13. The van der Waals surface area contributed by atoms with Crippen LogP contribution < -0.4 is 15.2 Å². The van der Waals surface area contributed by atoms with Crippen molar-refractivity contribution >= 4 is 5.91 Å². The van der Waals surface area contributed by atoms with Crippen LogP contribution in [0.5, 0.6) is 17.5 Å². The summed E-state index contributed by atoms with van der Waals surface area (Å²) >= 11 is 0. The van der Waals surface area contributed by atoms with E-state index in [1.165, 1.54) is 12.4 Å². The average Bonchev–Trinajstić information content (AvgIpc) is 2.40. The Bertz CT molecular complexity index is 555. The maximum atomic E-state index is 10.9. The Balaban J connectivity index is 2.21. The molecule has 0 fully saturated rings. The van der Waals surface area contributed by atoms with Crippen molar-refractivity contribution in [2.75, 3.05) is 7.11 Å². The van der Waals surface area contributed by atoms with Crippen LogP contribution in [0.1, 0.15) is 10.4 Å². The van der Waals surface area contributed by atoms with Crippen molar-refractivity contribution in [3.8, 4) is 17.5 Å². The third kappa shape index (κ3) is 2.54. The number of methoxy groups -OCH3 is 1. The number of nitrogens with two attached hydrogens (primary N) is 1. The van der Waals surface area contributed by atoms with E-state index in [0.717, 1.165) is 0 Å².